The summed E-state index contributed by atoms with van der Waals surface area (Å²) < 4.78 is 10.4. The van der Waals surface area contributed by atoms with Crippen molar-refractivity contribution in [3.63, 3.8) is 0 Å². The third-order valence-corrected chi connectivity index (χ3v) is 3.67. The Morgan fingerprint density at radius 2 is 2.22 bits per heavy atom. The molecule has 0 radical (unpaired) electrons. The number of furan rings is 1. The van der Waals surface area contributed by atoms with Crippen molar-refractivity contribution in [1.29, 1.82) is 0 Å². The van der Waals surface area contributed by atoms with Gasteiger partial charge in [0.05, 0.1) is 12.7 Å². The van der Waals surface area contributed by atoms with Crippen molar-refractivity contribution in [3.8, 4) is 5.75 Å². The average Bonchev–Trinajstić information content (AvgIpc) is 3.15. The number of carbonyl (C=O) groups is 1. The first kappa shape index (κ1) is 15.1. The number of nitrogens with zero attached hydrogens (tertiary/aromatic N) is 1. The summed E-state index contributed by atoms with van der Waals surface area (Å²) in [5.41, 5.74) is 2.29. The lowest BCUT2D eigenvalue weighted by Crippen LogP contribution is -2.33. The third-order valence-electron chi connectivity index (χ3n) is 3.67. The normalized spacial score (nSPS) is 14.0. The lowest BCUT2D eigenvalue weighted by Gasteiger charge is -2.13. The smallest absolute Gasteiger partial charge is 0.433 e. The van der Waals surface area contributed by atoms with Crippen LogP contribution < -0.4 is 10.1 Å². The maximum absolute atomic E-state index is 12.0. The van der Waals surface area contributed by atoms with Gasteiger partial charge in [0.25, 0.3) is 5.91 Å². The van der Waals surface area contributed by atoms with Gasteiger partial charge >= 0.3 is 5.88 Å². The van der Waals surface area contributed by atoms with Crippen LogP contribution in [0.2, 0.25) is 0 Å². The Balaban J connectivity index is 1.61. The summed E-state index contributed by atoms with van der Waals surface area (Å²) >= 11 is 0. The van der Waals surface area contributed by atoms with E-state index in [1.54, 1.807) is 0 Å². The number of hydrogen-bond donors (Lipinski definition) is 1. The molecule has 1 aliphatic rings. The van der Waals surface area contributed by atoms with Gasteiger partial charge in [0.15, 0.2) is 5.76 Å². The Morgan fingerprint density at radius 3 is 2.96 bits per heavy atom. The molecule has 1 aliphatic heterocycles. The zero-order valence-electron chi connectivity index (χ0n) is 12.6. The van der Waals surface area contributed by atoms with Crippen LogP contribution in [0, 0.1) is 10.1 Å². The van der Waals surface area contributed by atoms with E-state index in [0.717, 1.165) is 17.7 Å². The van der Waals surface area contributed by atoms with Crippen LogP contribution in [0.25, 0.3) is 0 Å². The molecule has 1 aromatic carbocycles. The number of ether oxygens (including phenoxy) is 1. The summed E-state index contributed by atoms with van der Waals surface area (Å²) in [6.07, 6.45) is 1.56. The Hall–Kier alpha value is -2.83. The van der Waals surface area contributed by atoms with Gasteiger partial charge in [0, 0.05) is 12.5 Å². The number of nitro groups is 1. The van der Waals surface area contributed by atoms with Gasteiger partial charge in [-0.25, -0.2) is 0 Å². The number of nitrogens with one attached hydrogen (secondary N) is 1. The number of carbonyl (C=O) groups excluding carboxylic acids is 1. The Morgan fingerprint density at radius 1 is 1.39 bits per heavy atom. The molecule has 0 saturated carbocycles. The van der Waals surface area contributed by atoms with E-state index in [1.807, 2.05) is 19.1 Å². The summed E-state index contributed by atoms with van der Waals surface area (Å²) in [6, 6.07) is 8.34. The van der Waals surface area contributed by atoms with E-state index in [0.29, 0.717) is 13.0 Å². The highest BCUT2D eigenvalue weighted by atomic mass is 16.6. The molecule has 0 saturated heterocycles. The maximum atomic E-state index is 12.0. The van der Waals surface area contributed by atoms with Crippen LogP contribution >= 0.6 is 0 Å². The summed E-state index contributed by atoms with van der Waals surface area (Å²) in [5, 5.41) is 13.3. The highest BCUT2D eigenvalue weighted by molar-refractivity contribution is 5.91. The number of rotatable bonds is 5. The summed E-state index contributed by atoms with van der Waals surface area (Å²) in [7, 11) is 0. The Bertz CT molecular complexity index is 753. The summed E-state index contributed by atoms with van der Waals surface area (Å²) in [6.45, 7) is 2.58. The van der Waals surface area contributed by atoms with E-state index < -0.39 is 16.7 Å². The first-order valence-corrected chi connectivity index (χ1v) is 7.32. The SMILES string of the molecule is CC(Cc1ccc2c(c1)CCO2)NC(=O)c1ccc([N+](=O)[O-])o1. The molecule has 7 heteroatoms. The molecule has 3 rings (SSSR count). The highest BCUT2D eigenvalue weighted by Gasteiger charge is 2.19. The minimum absolute atomic E-state index is 0.0640. The lowest BCUT2D eigenvalue weighted by atomic mass is 10.0. The molecule has 1 amide bonds. The van der Waals surface area contributed by atoms with Crippen molar-refractivity contribution in [2.24, 2.45) is 0 Å². The molecule has 0 aliphatic carbocycles. The fourth-order valence-corrected chi connectivity index (χ4v) is 2.61. The fourth-order valence-electron chi connectivity index (χ4n) is 2.61. The van der Waals surface area contributed by atoms with Crippen LogP contribution in [-0.2, 0) is 12.8 Å². The molecule has 120 valence electrons. The Kier molecular flexibility index (Phi) is 4.01. The van der Waals surface area contributed by atoms with Gasteiger partial charge in [-0.15, -0.1) is 0 Å². The van der Waals surface area contributed by atoms with Crippen molar-refractivity contribution >= 4 is 11.8 Å². The number of fused-ring (bicyclic) bond motifs is 1. The van der Waals surface area contributed by atoms with Crippen LogP contribution in [0.4, 0.5) is 5.88 Å². The lowest BCUT2D eigenvalue weighted by molar-refractivity contribution is -0.402. The van der Waals surface area contributed by atoms with Gasteiger partial charge in [-0.1, -0.05) is 12.1 Å². The van der Waals surface area contributed by atoms with Gasteiger partial charge in [0.1, 0.15) is 10.7 Å². The monoisotopic (exact) mass is 316 g/mol. The molecule has 0 bridgehead atoms. The zero-order valence-corrected chi connectivity index (χ0v) is 12.6. The van der Waals surface area contributed by atoms with Gasteiger partial charge in [-0.05, 0) is 36.6 Å². The van der Waals surface area contributed by atoms with Gasteiger partial charge in [-0.2, -0.15) is 0 Å². The average molecular weight is 316 g/mol. The van der Waals surface area contributed by atoms with Crippen molar-refractivity contribution in [3.05, 3.63) is 57.3 Å². The molecule has 1 unspecified atom stereocenters. The van der Waals surface area contributed by atoms with Crippen LogP contribution in [0.3, 0.4) is 0 Å². The van der Waals surface area contributed by atoms with Gasteiger partial charge < -0.3 is 14.5 Å². The topological polar surface area (TPSA) is 94.6 Å². The van der Waals surface area contributed by atoms with E-state index in [2.05, 4.69) is 11.4 Å². The van der Waals surface area contributed by atoms with E-state index in [1.165, 1.54) is 17.7 Å². The molecule has 7 nitrogen and oxygen atoms in total. The molecule has 0 spiro atoms. The van der Waals surface area contributed by atoms with Crippen LogP contribution in [0.5, 0.6) is 5.75 Å². The summed E-state index contributed by atoms with van der Waals surface area (Å²) in [5.74, 6) is -0.0456. The molecular weight excluding hydrogens is 300 g/mol. The molecule has 2 heterocycles. The molecule has 23 heavy (non-hydrogen) atoms. The molecule has 1 atom stereocenters. The zero-order chi connectivity index (χ0) is 16.4. The first-order valence-electron chi connectivity index (χ1n) is 7.32. The van der Waals surface area contributed by atoms with Gasteiger partial charge in [-0.3, -0.25) is 14.9 Å². The van der Waals surface area contributed by atoms with E-state index in [9.17, 15) is 14.9 Å². The predicted octanol–water partition coefficient (Wildman–Crippen LogP) is 2.48. The third kappa shape index (κ3) is 3.33. The van der Waals surface area contributed by atoms with Crippen molar-refractivity contribution < 1.29 is 18.9 Å². The van der Waals surface area contributed by atoms with Crippen LogP contribution in [0.15, 0.2) is 34.7 Å². The number of amides is 1. The molecule has 0 fully saturated rings. The molecule has 2 aromatic rings. The van der Waals surface area contributed by atoms with Crippen molar-refractivity contribution in [2.75, 3.05) is 6.61 Å². The molecule has 1 N–H and O–H groups in total. The minimum atomic E-state index is -0.674. The predicted molar refractivity (Wildman–Crippen MR) is 81.6 cm³/mol. The maximum Gasteiger partial charge on any atom is 0.433 e. The fraction of sp³-hybridized carbons (Fsp3) is 0.312. The van der Waals surface area contributed by atoms with Crippen molar-refractivity contribution in [2.45, 2.75) is 25.8 Å². The molecule has 1 aromatic heterocycles. The highest BCUT2D eigenvalue weighted by Crippen LogP contribution is 2.26. The van der Waals surface area contributed by atoms with Gasteiger partial charge in [0.2, 0.25) is 0 Å². The first-order chi connectivity index (χ1) is 11.0. The van der Waals surface area contributed by atoms with E-state index in [4.69, 9.17) is 9.15 Å². The largest absolute Gasteiger partial charge is 0.493 e. The van der Waals surface area contributed by atoms with Crippen molar-refractivity contribution in [1.82, 2.24) is 5.32 Å². The number of hydrogen-bond acceptors (Lipinski definition) is 5. The second-order valence-electron chi connectivity index (χ2n) is 5.51. The number of benzene rings is 1. The quantitative estimate of drug-likeness (QED) is 0.675. The van der Waals surface area contributed by atoms with Crippen LogP contribution in [-0.4, -0.2) is 23.5 Å². The summed E-state index contributed by atoms with van der Waals surface area (Å²) in [4.78, 5) is 21.9. The van der Waals surface area contributed by atoms with E-state index in [-0.39, 0.29) is 11.8 Å². The second kappa shape index (κ2) is 6.12. The van der Waals surface area contributed by atoms with Crippen LogP contribution in [0.1, 0.15) is 28.6 Å². The standard InChI is InChI=1S/C16H16N2O5/c1-10(8-11-2-3-13-12(9-11)6-7-22-13)17-16(19)14-4-5-15(23-14)18(20)21/h2-5,9-10H,6-8H2,1H3,(H,17,19). The van der Waals surface area contributed by atoms with E-state index >= 15 is 0 Å². The molecular formula is C16H16N2O5. The minimum Gasteiger partial charge on any atom is -0.493 e. The Labute approximate surface area is 132 Å². The second-order valence-corrected chi connectivity index (χ2v) is 5.51.